The van der Waals surface area contributed by atoms with Gasteiger partial charge >= 0.3 is 11.6 Å². The number of carbonyl (C=O) groups excluding carboxylic acids is 1. The lowest BCUT2D eigenvalue weighted by Crippen LogP contribution is -2.35. The molecular weight excluding hydrogens is 374 g/mol. The highest BCUT2D eigenvalue weighted by atomic mass is 16.5. The second kappa shape index (κ2) is 8.18. The third-order valence-electron chi connectivity index (χ3n) is 4.73. The monoisotopic (exact) mass is 395 g/mol. The average molecular weight is 395 g/mol. The molecule has 0 spiro atoms. The Kier molecular flexibility index (Phi) is 5.68. The molecule has 1 heterocycles. The molecule has 2 N–H and O–H groups in total. The van der Waals surface area contributed by atoms with Crippen molar-refractivity contribution < 1.29 is 23.8 Å². The first-order valence-electron chi connectivity index (χ1n) is 9.00. The number of carboxylic acid groups (broad SMARTS) is 1. The summed E-state index contributed by atoms with van der Waals surface area (Å²) >= 11 is 0. The highest BCUT2D eigenvalue weighted by molar-refractivity contribution is 5.90. The van der Waals surface area contributed by atoms with Gasteiger partial charge in [0.2, 0.25) is 5.91 Å². The molecule has 0 unspecified atom stereocenters. The number of rotatable bonds is 6. The van der Waals surface area contributed by atoms with Crippen molar-refractivity contribution in [2.24, 2.45) is 0 Å². The van der Waals surface area contributed by atoms with Crippen LogP contribution in [0.25, 0.3) is 11.0 Å². The molecular formula is C22H21NO6. The van der Waals surface area contributed by atoms with Gasteiger partial charge in [0.25, 0.3) is 0 Å². The molecule has 0 bridgehead atoms. The van der Waals surface area contributed by atoms with Gasteiger partial charge in [-0.25, -0.2) is 9.59 Å². The van der Waals surface area contributed by atoms with Crippen LogP contribution in [0.15, 0.2) is 51.7 Å². The quantitative estimate of drug-likeness (QED) is 0.622. The van der Waals surface area contributed by atoms with Gasteiger partial charge < -0.3 is 19.6 Å². The van der Waals surface area contributed by atoms with E-state index in [1.807, 2.05) is 13.0 Å². The zero-order chi connectivity index (χ0) is 21.1. The van der Waals surface area contributed by atoms with Crippen LogP contribution in [0.2, 0.25) is 0 Å². The summed E-state index contributed by atoms with van der Waals surface area (Å²) in [4.78, 5) is 36.7. The van der Waals surface area contributed by atoms with Gasteiger partial charge in [-0.2, -0.15) is 0 Å². The number of carboxylic acids is 1. The maximum absolute atomic E-state index is 12.6. The van der Waals surface area contributed by atoms with Gasteiger partial charge in [-0.3, -0.25) is 4.79 Å². The van der Waals surface area contributed by atoms with Crippen LogP contribution >= 0.6 is 0 Å². The van der Waals surface area contributed by atoms with Crippen LogP contribution < -0.4 is 15.7 Å². The van der Waals surface area contributed by atoms with Gasteiger partial charge in [0.15, 0.2) is 6.04 Å². The molecule has 1 atom stereocenters. The van der Waals surface area contributed by atoms with Crippen LogP contribution in [0.5, 0.6) is 5.75 Å². The summed E-state index contributed by atoms with van der Waals surface area (Å²) in [5.41, 5.74) is 1.78. The second-order valence-corrected chi connectivity index (χ2v) is 6.76. The number of aliphatic carboxylic acids is 1. The first kappa shape index (κ1) is 20.1. The maximum Gasteiger partial charge on any atom is 0.340 e. The van der Waals surface area contributed by atoms with Crippen molar-refractivity contribution in [1.82, 2.24) is 5.32 Å². The number of nitrogens with one attached hydrogen (secondary N) is 1. The lowest BCUT2D eigenvalue weighted by molar-refractivity contribution is -0.142. The molecule has 1 amide bonds. The maximum atomic E-state index is 12.6. The molecule has 0 radical (unpaired) electrons. The molecule has 2 aromatic carbocycles. The van der Waals surface area contributed by atoms with Crippen molar-refractivity contribution in [2.75, 3.05) is 7.11 Å². The van der Waals surface area contributed by atoms with Gasteiger partial charge in [-0.05, 0) is 42.7 Å². The fourth-order valence-corrected chi connectivity index (χ4v) is 3.31. The predicted molar refractivity (Wildman–Crippen MR) is 107 cm³/mol. The molecule has 0 saturated carbocycles. The molecule has 0 fully saturated rings. The predicted octanol–water partition coefficient (Wildman–Crippen LogP) is 2.90. The minimum Gasteiger partial charge on any atom is -0.496 e. The van der Waals surface area contributed by atoms with E-state index in [0.29, 0.717) is 27.8 Å². The Morgan fingerprint density at radius 2 is 1.86 bits per heavy atom. The average Bonchev–Trinajstić information content (AvgIpc) is 2.68. The summed E-state index contributed by atoms with van der Waals surface area (Å²) in [6, 6.07) is 10.7. The minimum atomic E-state index is -1.21. The Balaban J connectivity index is 1.95. The summed E-state index contributed by atoms with van der Waals surface area (Å²) in [5, 5.41) is 12.6. The summed E-state index contributed by atoms with van der Waals surface area (Å²) in [5.74, 6) is -1.25. The third-order valence-corrected chi connectivity index (χ3v) is 4.73. The Labute approximate surface area is 166 Å². The lowest BCUT2D eigenvalue weighted by atomic mass is 10.0. The fourth-order valence-electron chi connectivity index (χ4n) is 3.31. The summed E-state index contributed by atoms with van der Waals surface area (Å²) in [6.07, 6.45) is -0.308. The van der Waals surface area contributed by atoms with Crippen molar-refractivity contribution in [3.63, 3.8) is 0 Å². The molecule has 0 aliphatic rings. The van der Waals surface area contributed by atoms with E-state index in [2.05, 4.69) is 5.32 Å². The number of hydrogen-bond acceptors (Lipinski definition) is 5. The van der Waals surface area contributed by atoms with Gasteiger partial charge in [-0.1, -0.05) is 30.3 Å². The Morgan fingerprint density at radius 3 is 2.48 bits per heavy atom. The van der Waals surface area contributed by atoms with Gasteiger partial charge in [-0.15, -0.1) is 0 Å². The first-order valence-corrected chi connectivity index (χ1v) is 9.00. The van der Waals surface area contributed by atoms with E-state index in [1.54, 1.807) is 43.3 Å². The Morgan fingerprint density at radius 1 is 1.17 bits per heavy atom. The summed E-state index contributed by atoms with van der Waals surface area (Å²) in [6.45, 7) is 3.57. The number of fused-ring (bicyclic) bond motifs is 1. The van der Waals surface area contributed by atoms with Crippen molar-refractivity contribution >= 4 is 22.8 Å². The van der Waals surface area contributed by atoms with E-state index in [1.165, 1.54) is 7.11 Å². The van der Waals surface area contributed by atoms with E-state index in [9.17, 15) is 19.5 Å². The van der Waals surface area contributed by atoms with E-state index in [-0.39, 0.29) is 12.0 Å². The molecule has 150 valence electrons. The largest absolute Gasteiger partial charge is 0.496 e. The number of methoxy groups -OCH3 is 1. The molecule has 7 nitrogen and oxygen atoms in total. The molecule has 29 heavy (non-hydrogen) atoms. The second-order valence-electron chi connectivity index (χ2n) is 6.76. The molecule has 3 rings (SSSR count). The van der Waals surface area contributed by atoms with Gasteiger partial charge in [0.1, 0.15) is 11.3 Å². The summed E-state index contributed by atoms with van der Waals surface area (Å²) in [7, 11) is 1.52. The highest BCUT2D eigenvalue weighted by Crippen LogP contribution is 2.30. The van der Waals surface area contributed by atoms with Crippen molar-refractivity contribution in [2.45, 2.75) is 26.3 Å². The van der Waals surface area contributed by atoms with Crippen LogP contribution in [-0.4, -0.2) is 24.1 Å². The molecule has 3 aromatic rings. The van der Waals surface area contributed by atoms with Crippen molar-refractivity contribution in [1.29, 1.82) is 0 Å². The number of ether oxygens (including phenoxy) is 1. The SMILES string of the molecule is COc1cc(C)cc2oc(=O)c(CC(=O)N[C@@H](C(=O)O)c3ccccc3)c(C)c12. The van der Waals surface area contributed by atoms with Gasteiger partial charge in [0, 0.05) is 0 Å². The van der Waals surface area contributed by atoms with Crippen LogP contribution in [-0.2, 0) is 16.0 Å². The van der Waals surface area contributed by atoms with E-state index in [0.717, 1.165) is 5.56 Å². The molecule has 0 aliphatic heterocycles. The van der Waals surface area contributed by atoms with Crippen molar-refractivity contribution in [3.05, 3.63) is 75.1 Å². The fraction of sp³-hybridized carbons (Fsp3) is 0.227. The minimum absolute atomic E-state index is 0.161. The number of hydrogen-bond donors (Lipinski definition) is 2. The lowest BCUT2D eigenvalue weighted by Gasteiger charge is -2.16. The van der Waals surface area contributed by atoms with Crippen LogP contribution in [0.4, 0.5) is 0 Å². The van der Waals surface area contributed by atoms with Crippen LogP contribution in [0.1, 0.15) is 28.3 Å². The number of amides is 1. The number of carbonyl (C=O) groups is 2. The summed E-state index contributed by atoms with van der Waals surface area (Å²) < 4.78 is 10.8. The molecule has 7 heteroatoms. The van der Waals surface area contributed by atoms with E-state index < -0.39 is 23.5 Å². The Hall–Kier alpha value is -3.61. The normalized spacial score (nSPS) is 11.8. The number of benzene rings is 2. The zero-order valence-corrected chi connectivity index (χ0v) is 16.3. The van der Waals surface area contributed by atoms with E-state index >= 15 is 0 Å². The highest BCUT2D eigenvalue weighted by Gasteiger charge is 2.24. The van der Waals surface area contributed by atoms with Crippen LogP contribution in [0.3, 0.4) is 0 Å². The van der Waals surface area contributed by atoms with Crippen molar-refractivity contribution in [3.8, 4) is 5.75 Å². The smallest absolute Gasteiger partial charge is 0.340 e. The number of aryl methyl sites for hydroxylation is 2. The Bertz CT molecular complexity index is 1130. The zero-order valence-electron chi connectivity index (χ0n) is 16.3. The first-order chi connectivity index (χ1) is 13.8. The topological polar surface area (TPSA) is 106 Å². The standard InChI is InChI=1S/C22H21NO6/c1-12-9-16(28-3)19-13(2)15(22(27)29-17(19)10-12)11-18(24)23-20(21(25)26)14-7-5-4-6-8-14/h4-10,20H,11H2,1-3H3,(H,23,24)(H,25,26)/t20-/m1/s1. The van der Waals surface area contributed by atoms with Crippen LogP contribution in [0, 0.1) is 13.8 Å². The molecule has 1 aromatic heterocycles. The van der Waals surface area contributed by atoms with Gasteiger partial charge in [0.05, 0.1) is 24.5 Å². The third kappa shape index (κ3) is 4.13. The molecule has 0 saturated heterocycles. The molecule has 0 aliphatic carbocycles. The van der Waals surface area contributed by atoms with E-state index in [4.69, 9.17) is 9.15 Å².